The van der Waals surface area contributed by atoms with Crippen LogP contribution >= 0.6 is 0 Å². The highest BCUT2D eigenvalue weighted by molar-refractivity contribution is 5.81. The summed E-state index contributed by atoms with van der Waals surface area (Å²) >= 11 is 0. The van der Waals surface area contributed by atoms with Crippen molar-refractivity contribution in [3.05, 3.63) is 0 Å². The fraction of sp³-hybridized carbons (Fsp3) is 0.917. The van der Waals surface area contributed by atoms with Gasteiger partial charge in [0, 0.05) is 37.8 Å². The number of esters is 1. The Hall–Kier alpha value is -1.26. The second-order valence-corrected chi connectivity index (χ2v) is 10.9. The highest BCUT2D eigenvalue weighted by Gasteiger charge is 2.69. The molecule has 6 aliphatic rings. The van der Waals surface area contributed by atoms with E-state index < -0.39 is 29.9 Å². The van der Waals surface area contributed by atoms with E-state index in [1.54, 1.807) is 4.90 Å². The van der Waals surface area contributed by atoms with Gasteiger partial charge in [-0.05, 0) is 50.9 Å². The van der Waals surface area contributed by atoms with Gasteiger partial charge in [-0.1, -0.05) is 13.8 Å². The van der Waals surface area contributed by atoms with Gasteiger partial charge in [-0.25, -0.2) is 9.78 Å². The molecule has 2 bridgehead atoms. The molecular formula is C24H37NO8. The molecule has 5 heterocycles. The molecule has 5 saturated heterocycles. The zero-order chi connectivity index (χ0) is 23.4. The minimum atomic E-state index is -0.874. The Labute approximate surface area is 194 Å². The number of ether oxygens (including phenoxy) is 3. The van der Waals surface area contributed by atoms with E-state index in [0.717, 1.165) is 25.7 Å². The molecule has 8 atom stereocenters. The maximum Gasteiger partial charge on any atom is 0.308 e. The fourth-order valence-corrected chi connectivity index (χ4v) is 6.68. The summed E-state index contributed by atoms with van der Waals surface area (Å²) in [5.41, 5.74) is -0.690. The fourth-order valence-electron chi connectivity index (χ4n) is 6.68. The third-order valence-corrected chi connectivity index (χ3v) is 8.70. The van der Waals surface area contributed by atoms with Gasteiger partial charge in [0.2, 0.25) is 18.0 Å². The largest absolute Gasteiger partial charge is 0.435 e. The molecule has 6 fully saturated rings. The molecule has 9 nitrogen and oxygen atoms in total. The molecule has 1 saturated carbocycles. The third kappa shape index (κ3) is 4.10. The molecule has 9 heteroatoms. The average molecular weight is 468 g/mol. The Kier molecular flexibility index (Phi) is 6.23. The van der Waals surface area contributed by atoms with Gasteiger partial charge < -0.3 is 24.2 Å². The number of fused-ring (bicyclic) bond motifs is 2. The first-order valence-corrected chi connectivity index (χ1v) is 12.6. The van der Waals surface area contributed by atoms with Crippen LogP contribution in [0, 0.1) is 23.7 Å². The molecular weight excluding hydrogens is 430 g/mol. The van der Waals surface area contributed by atoms with Crippen LogP contribution in [0.3, 0.4) is 0 Å². The quantitative estimate of drug-likeness (QED) is 0.497. The number of likely N-dealkylation sites (tertiary alicyclic amines) is 1. The highest BCUT2D eigenvalue weighted by atomic mass is 17.3. The Morgan fingerprint density at radius 1 is 1.03 bits per heavy atom. The van der Waals surface area contributed by atoms with Crippen LogP contribution in [0.1, 0.15) is 72.1 Å². The number of amides is 1. The summed E-state index contributed by atoms with van der Waals surface area (Å²) in [4.78, 5) is 38.7. The van der Waals surface area contributed by atoms with Crippen molar-refractivity contribution in [1.29, 1.82) is 0 Å². The summed E-state index contributed by atoms with van der Waals surface area (Å²) in [5.74, 6) is -0.688. The topological polar surface area (TPSA) is 104 Å². The molecule has 0 radical (unpaired) electrons. The first-order chi connectivity index (χ1) is 15.7. The molecule has 1 N–H and O–H groups in total. The van der Waals surface area contributed by atoms with Gasteiger partial charge in [0.05, 0.1) is 12.5 Å². The average Bonchev–Trinajstić information content (AvgIpc) is 3.02. The van der Waals surface area contributed by atoms with Gasteiger partial charge in [0.25, 0.3) is 0 Å². The predicted molar refractivity (Wildman–Crippen MR) is 114 cm³/mol. The lowest BCUT2D eigenvalue weighted by Gasteiger charge is -2.59. The Bertz CT molecular complexity index is 770. The van der Waals surface area contributed by atoms with Gasteiger partial charge in [-0.15, -0.1) is 0 Å². The van der Waals surface area contributed by atoms with Crippen molar-refractivity contribution < 1.29 is 38.7 Å². The number of hydrogen-bond acceptors (Lipinski definition) is 8. The normalized spacial score (nSPS) is 45.3. The van der Waals surface area contributed by atoms with Crippen molar-refractivity contribution >= 4 is 11.9 Å². The van der Waals surface area contributed by atoms with Gasteiger partial charge in [0.1, 0.15) is 0 Å². The van der Waals surface area contributed by atoms with E-state index in [9.17, 15) is 14.7 Å². The lowest BCUT2D eigenvalue weighted by molar-refractivity contribution is -0.576. The molecule has 33 heavy (non-hydrogen) atoms. The lowest BCUT2D eigenvalue weighted by Crippen LogP contribution is -2.70. The molecule has 1 aliphatic carbocycles. The molecule has 1 amide bonds. The lowest BCUT2D eigenvalue weighted by atomic mass is 9.58. The number of piperidine rings is 1. The number of rotatable bonds is 4. The molecule has 5 aliphatic heterocycles. The summed E-state index contributed by atoms with van der Waals surface area (Å²) < 4.78 is 18.3. The van der Waals surface area contributed by atoms with E-state index in [4.69, 9.17) is 24.0 Å². The molecule has 186 valence electrons. The van der Waals surface area contributed by atoms with Crippen molar-refractivity contribution in [3.8, 4) is 0 Å². The number of nitrogens with zero attached hydrogens (tertiary/aromatic N) is 1. The SMILES string of the molecule is C[C@H]1[C@H](OC(=O)CCC(=O)N2CCC(O)CC2)O[C@@H]2O[C@@]3(C)CC[C@H]4[C@H](C)CC[C@@H]1[C@@]24OO3. The first kappa shape index (κ1) is 23.5. The molecule has 0 aromatic heterocycles. The maximum absolute atomic E-state index is 12.7. The molecule has 0 unspecified atom stereocenters. The summed E-state index contributed by atoms with van der Waals surface area (Å²) in [7, 11) is 0. The van der Waals surface area contributed by atoms with Crippen LogP contribution in [-0.4, -0.2) is 65.0 Å². The van der Waals surface area contributed by atoms with Crippen LogP contribution in [-0.2, 0) is 33.6 Å². The molecule has 6 rings (SSSR count). The second-order valence-electron chi connectivity index (χ2n) is 10.9. The van der Waals surface area contributed by atoms with Crippen LogP contribution < -0.4 is 0 Å². The van der Waals surface area contributed by atoms with Gasteiger partial charge in [0.15, 0.2) is 11.9 Å². The van der Waals surface area contributed by atoms with E-state index >= 15 is 0 Å². The molecule has 1 spiro atoms. The predicted octanol–water partition coefficient (Wildman–Crippen LogP) is 2.50. The first-order valence-electron chi connectivity index (χ1n) is 12.6. The summed E-state index contributed by atoms with van der Waals surface area (Å²) in [6.45, 7) is 7.22. The van der Waals surface area contributed by atoms with Crippen molar-refractivity contribution in [3.63, 3.8) is 0 Å². The Balaban J connectivity index is 1.24. The third-order valence-electron chi connectivity index (χ3n) is 8.70. The Morgan fingerprint density at radius 2 is 1.79 bits per heavy atom. The van der Waals surface area contributed by atoms with Crippen molar-refractivity contribution in [2.24, 2.45) is 23.7 Å². The van der Waals surface area contributed by atoms with Crippen LogP contribution in [0.15, 0.2) is 0 Å². The van der Waals surface area contributed by atoms with E-state index in [1.165, 1.54) is 0 Å². The monoisotopic (exact) mass is 467 g/mol. The van der Waals surface area contributed by atoms with Gasteiger partial charge >= 0.3 is 5.97 Å². The Morgan fingerprint density at radius 3 is 2.55 bits per heavy atom. The smallest absolute Gasteiger partial charge is 0.308 e. The minimum absolute atomic E-state index is 0.00276. The maximum atomic E-state index is 12.7. The number of hydrogen-bond donors (Lipinski definition) is 1. The van der Waals surface area contributed by atoms with Gasteiger partial charge in [-0.2, -0.15) is 0 Å². The zero-order valence-corrected chi connectivity index (χ0v) is 19.9. The van der Waals surface area contributed by atoms with Crippen molar-refractivity contribution in [2.75, 3.05) is 13.1 Å². The number of carbonyl (C=O) groups is 2. The molecule has 0 aromatic carbocycles. The van der Waals surface area contributed by atoms with Crippen LogP contribution in [0.5, 0.6) is 0 Å². The van der Waals surface area contributed by atoms with Crippen LogP contribution in [0.25, 0.3) is 0 Å². The minimum Gasteiger partial charge on any atom is -0.435 e. The second kappa shape index (κ2) is 8.75. The van der Waals surface area contributed by atoms with Crippen LogP contribution in [0.2, 0.25) is 0 Å². The van der Waals surface area contributed by atoms with E-state index in [1.807, 2.05) is 13.8 Å². The van der Waals surface area contributed by atoms with E-state index in [0.29, 0.717) is 31.8 Å². The number of aliphatic hydroxyl groups excluding tert-OH is 1. The number of aliphatic hydroxyl groups is 1. The highest BCUT2D eigenvalue weighted by Crippen LogP contribution is 2.60. The summed E-state index contributed by atoms with van der Waals surface area (Å²) in [5, 5.41) is 9.61. The van der Waals surface area contributed by atoms with Crippen molar-refractivity contribution in [1.82, 2.24) is 4.90 Å². The summed E-state index contributed by atoms with van der Waals surface area (Å²) in [6.07, 6.45) is 3.19. The molecule has 0 aromatic rings. The zero-order valence-electron chi connectivity index (χ0n) is 19.9. The van der Waals surface area contributed by atoms with Crippen molar-refractivity contribution in [2.45, 2.75) is 102 Å². The van der Waals surface area contributed by atoms with Gasteiger partial charge in [-0.3, -0.25) is 9.59 Å². The number of carbonyl (C=O) groups excluding carboxylic acids is 2. The standard InChI is InChI=1S/C24H37NO8/c1-14-4-5-18-15(2)21(29-20(28)7-6-19(27)25-12-9-16(26)10-13-25)30-22-24(18)17(14)8-11-23(3,31-22)32-33-24/h14-18,21-22,26H,4-13H2,1-3H3/t14-,15-,17+,18+,21-,22-,23-,24-/m1/s1. The van der Waals surface area contributed by atoms with E-state index in [2.05, 4.69) is 6.92 Å². The van der Waals surface area contributed by atoms with E-state index in [-0.39, 0.29) is 42.6 Å². The summed E-state index contributed by atoms with van der Waals surface area (Å²) in [6, 6.07) is 0. The van der Waals surface area contributed by atoms with Crippen LogP contribution in [0.4, 0.5) is 0 Å².